The van der Waals surface area contributed by atoms with Crippen molar-refractivity contribution >= 4 is 29.4 Å². The SMILES string of the molecule is NC(=O)OC1CCC(c2cnc(N)c(-c3ccc(C(=O)N[C@H](CO)c4cccc(Cl)c4)c(F)c3)n2)CC1. The Morgan fingerprint density at radius 1 is 1.19 bits per heavy atom. The van der Waals surface area contributed by atoms with E-state index in [0.717, 1.165) is 12.8 Å². The van der Waals surface area contributed by atoms with Crippen molar-refractivity contribution in [2.24, 2.45) is 5.73 Å². The van der Waals surface area contributed by atoms with Gasteiger partial charge >= 0.3 is 6.09 Å². The number of carbonyl (C=O) groups excluding carboxylic acids is 2. The number of carbonyl (C=O) groups is 2. The van der Waals surface area contributed by atoms with Crippen molar-refractivity contribution < 1.29 is 23.8 Å². The molecule has 6 N–H and O–H groups in total. The zero-order valence-electron chi connectivity index (χ0n) is 19.9. The number of amides is 2. The molecule has 11 heteroatoms. The molecular formula is C26H27ClFN5O4. The van der Waals surface area contributed by atoms with E-state index in [1.165, 1.54) is 12.1 Å². The summed E-state index contributed by atoms with van der Waals surface area (Å²) in [5, 5.41) is 12.8. The summed E-state index contributed by atoms with van der Waals surface area (Å²) in [6, 6.07) is 10.0. The van der Waals surface area contributed by atoms with E-state index in [1.54, 1.807) is 36.5 Å². The average molecular weight is 528 g/mol. The van der Waals surface area contributed by atoms with E-state index in [-0.39, 0.29) is 30.0 Å². The first-order chi connectivity index (χ1) is 17.7. The zero-order valence-corrected chi connectivity index (χ0v) is 20.6. The van der Waals surface area contributed by atoms with Gasteiger partial charge in [0, 0.05) is 16.5 Å². The summed E-state index contributed by atoms with van der Waals surface area (Å²) in [7, 11) is 0. The number of ether oxygens (including phenoxy) is 1. The Bertz CT molecular complexity index is 1300. The number of primary amides is 1. The van der Waals surface area contributed by atoms with Crippen LogP contribution in [0.25, 0.3) is 11.3 Å². The first-order valence-electron chi connectivity index (χ1n) is 11.8. The maximum atomic E-state index is 15.1. The molecule has 37 heavy (non-hydrogen) atoms. The maximum Gasteiger partial charge on any atom is 0.404 e. The minimum absolute atomic E-state index is 0.0800. The molecule has 1 saturated carbocycles. The fourth-order valence-electron chi connectivity index (χ4n) is 4.50. The van der Waals surface area contributed by atoms with Crippen molar-refractivity contribution in [3.05, 3.63) is 76.3 Å². The Morgan fingerprint density at radius 3 is 2.59 bits per heavy atom. The molecule has 1 atom stereocenters. The van der Waals surface area contributed by atoms with Crippen molar-refractivity contribution in [1.29, 1.82) is 0 Å². The number of nitrogens with zero attached hydrogens (tertiary/aromatic N) is 2. The highest BCUT2D eigenvalue weighted by Crippen LogP contribution is 2.35. The lowest BCUT2D eigenvalue weighted by Gasteiger charge is -2.27. The van der Waals surface area contributed by atoms with Gasteiger partial charge in [-0.3, -0.25) is 4.79 Å². The number of benzene rings is 2. The summed E-state index contributed by atoms with van der Waals surface area (Å²) in [4.78, 5) is 32.7. The molecule has 2 amide bonds. The summed E-state index contributed by atoms with van der Waals surface area (Å²) in [5.41, 5.74) is 12.9. The van der Waals surface area contributed by atoms with Gasteiger partial charge in [0.2, 0.25) is 0 Å². The smallest absolute Gasteiger partial charge is 0.404 e. The molecule has 2 aromatic carbocycles. The molecule has 0 bridgehead atoms. The highest BCUT2D eigenvalue weighted by Gasteiger charge is 2.26. The van der Waals surface area contributed by atoms with E-state index < -0.39 is 23.9 Å². The van der Waals surface area contributed by atoms with Crippen LogP contribution in [0, 0.1) is 5.82 Å². The highest BCUT2D eigenvalue weighted by molar-refractivity contribution is 6.30. The number of rotatable bonds is 7. The number of aromatic nitrogens is 2. The number of aliphatic hydroxyl groups is 1. The third-order valence-corrected chi connectivity index (χ3v) is 6.66. The van der Waals surface area contributed by atoms with Crippen LogP contribution in [-0.4, -0.2) is 39.8 Å². The van der Waals surface area contributed by atoms with Crippen molar-refractivity contribution in [2.75, 3.05) is 12.3 Å². The first-order valence-corrected chi connectivity index (χ1v) is 12.2. The fourth-order valence-corrected chi connectivity index (χ4v) is 4.70. The number of hydrogen-bond acceptors (Lipinski definition) is 7. The van der Waals surface area contributed by atoms with Crippen molar-refractivity contribution in [3.8, 4) is 11.3 Å². The molecule has 4 rings (SSSR count). The lowest BCUT2D eigenvalue weighted by atomic mass is 9.85. The molecule has 194 valence electrons. The Balaban J connectivity index is 1.50. The molecule has 0 radical (unpaired) electrons. The van der Waals surface area contributed by atoms with Crippen molar-refractivity contribution in [2.45, 2.75) is 43.7 Å². The van der Waals surface area contributed by atoms with Crippen molar-refractivity contribution in [1.82, 2.24) is 15.3 Å². The molecule has 0 aliphatic heterocycles. The maximum absolute atomic E-state index is 15.1. The van der Waals surface area contributed by atoms with E-state index in [9.17, 15) is 14.7 Å². The molecule has 0 saturated heterocycles. The Morgan fingerprint density at radius 2 is 1.95 bits per heavy atom. The topological polar surface area (TPSA) is 153 Å². The van der Waals surface area contributed by atoms with Crippen molar-refractivity contribution in [3.63, 3.8) is 0 Å². The van der Waals surface area contributed by atoms with Crippen LogP contribution in [0.15, 0.2) is 48.7 Å². The molecule has 1 heterocycles. The number of nitrogens with two attached hydrogens (primary N) is 2. The third kappa shape index (κ3) is 6.33. The van der Waals surface area contributed by atoms with Crippen LogP contribution in [0.4, 0.5) is 15.0 Å². The lowest BCUT2D eigenvalue weighted by Crippen LogP contribution is -2.31. The van der Waals surface area contributed by atoms with E-state index in [0.29, 0.717) is 40.4 Å². The van der Waals surface area contributed by atoms with E-state index in [2.05, 4.69) is 15.3 Å². The number of nitrogen functional groups attached to an aromatic ring is 1. The van der Waals surface area contributed by atoms with Gasteiger partial charge < -0.3 is 26.6 Å². The van der Waals surface area contributed by atoms with Gasteiger partial charge in [0.15, 0.2) is 0 Å². The number of aliphatic hydroxyl groups excluding tert-OH is 1. The summed E-state index contributed by atoms with van der Waals surface area (Å²) in [6.45, 7) is -0.388. The fraction of sp³-hybridized carbons (Fsp3) is 0.308. The van der Waals surface area contributed by atoms with Gasteiger partial charge in [-0.2, -0.15) is 0 Å². The van der Waals surface area contributed by atoms with Gasteiger partial charge in [-0.1, -0.05) is 29.8 Å². The van der Waals surface area contributed by atoms with Crippen LogP contribution in [0.3, 0.4) is 0 Å². The highest BCUT2D eigenvalue weighted by atomic mass is 35.5. The van der Waals surface area contributed by atoms with Gasteiger partial charge in [-0.05, 0) is 55.5 Å². The molecule has 1 aliphatic rings. The van der Waals surface area contributed by atoms with Crippen LogP contribution >= 0.6 is 11.6 Å². The van der Waals surface area contributed by atoms with E-state index in [1.807, 2.05) is 0 Å². The molecule has 0 unspecified atom stereocenters. The standard InChI is InChI=1S/C26H27ClFN5O4/c27-17-3-1-2-15(10-17)22(13-34)33-25(35)19-9-6-16(11-20(19)28)23-24(29)31-12-21(32-23)14-4-7-18(8-5-14)37-26(30)36/h1-3,6,9-12,14,18,22,34H,4-5,7-8,13H2,(H2,29,31)(H2,30,36)(H,33,35)/t14?,18?,22-/m1/s1. The predicted octanol–water partition coefficient (Wildman–Crippen LogP) is 4.10. The van der Waals surface area contributed by atoms with Gasteiger partial charge in [0.05, 0.1) is 30.1 Å². The number of nitrogens with one attached hydrogen (secondary N) is 1. The molecular weight excluding hydrogens is 501 g/mol. The normalized spacial score (nSPS) is 18.1. The monoisotopic (exact) mass is 527 g/mol. The first kappa shape index (κ1) is 26.3. The predicted molar refractivity (Wildman–Crippen MR) is 136 cm³/mol. The second-order valence-corrected chi connectivity index (χ2v) is 9.33. The van der Waals surface area contributed by atoms with Gasteiger partial charge in [0.1, 0.15) is 23.4 Å². The number of hydrogen-bond donors (Lipinski definition) is 4. The Hall–Kier alpha value is -3.76. The zero-order chi connectivity index (χ0) is 26.5. The third-order valence-electron chi connectivity index (χ3n) is 6.42. The van der Waals surface area contributed by atoms with Gasteiger partial charge in [-0.15, -0.1) is 0 Å². The van der Waals surface area contributed by atoms with Crippen LogP contribution in [0.1, 0.15) is 59.3 Å². The minimum atomic E-state index is -0.784. The molecule has 1 fully saturated rings. The molecule has 0 spiro atoms. The van der Waals surface area contributed by atoms with E-state index >= 15 is 4.39 Å². The Kier molecular flexibility index (Phi) is 8.20. The quantitative estimate of drug-likeness (QED) is 0.360. The average Bonchev–Trinajstić information content (AvgIpc) is 2.87. The van der Waals surface area contributed by atoms with E-state index in [4.69, 9.17) is 27.8 Å². The molecule has 1 aliphatic carbocycles. The lowest BCUT2D eigenvalue weighted by molar-refractivity contribution is 0.0783. The molecule has 1 aromatic heterocycles. The van der Waals surface area contributed by atoms with Gasteiger partial charge in [0.25, 0.3) is 5.91 Å². The van der Waals surface area contributed by atoms with Crippen LogP contribution < -0.4 is 16.8 Å². The van der Waals surface area contributed by atoms with Crippen LogP contribution in [0.5, 0.6) is 0 Å². The Labute approximate surface area is 218 Å². The molecule has 9 nitrogen and oxygen atoms in total. The second-order valence-electron chi connectivity index (χ2n) is 8.90. The number of anilines is 1. The van der Waals surface area contributed by atoms with Crippen LogP contribution in [0.2, 0.25) is 5.02 Å². The molecule has 3 aromatic rings. The summed E-state index contributed by atoms with van der Waals surface area (Å²) >= 11 is 6.00. The second kappa shape index (κ2) is 11.5. The van der Waals surface area contributed by atoms with Crippen LogP contribution in [-0.2, 0) is 4.74 Å². The van der Waals surface area contributed by atoms with Gasteiger partial charge in [-0.25, -0.2) is 19.2 Å². The largest absolute Gasteiger partial charge is 0.446 e. The summed E-state index contributed by atoms with van der Waals surface area (Å²) < 4.78 is 20.1. The summed E-state index contributed by atoms with van der Waals surface area (Å²) in [5.74, 6) is -1.25. The minimum Gasteiger partial charge on any atom is -0.446 e. The summed E-state index contributed by atoms with van der Waals surface area (Å²) in [6.07, 6.45) is 3.35. The number of halogens is 2.